The standard InChI is InChI=1S/C24H19F3N6O2/c25-24(26,27)35-16-2-4-19-20(13-16)30-22(34)17-11-14(1-3-18(17)23(19)31-32-23)15-5-6-29-21(12-15)33-9-7-28-8-10-33/h1-6,11-13,28H,7-10H2,(H,30,34). The van der Waals surface area contributed by atoms with Crippen molar-refractivity contribution in [3.63, 3.8) is 0 Å². The van der Waals surface area contributed by atoms with Crippen molar-refractivity contribution in [3.05, 3.63) is 71.4 Å². The van der Waals surface area contributed by atoms with E-state index in [0.29, 0.717) is 16.7 Å². The fourth-order valence-corrected chi connectivity index (χ4v) is 4.61. The summed E-state index contributed by atoms with van der Waals surface area (Å²) < 4.78 is 42.1. The first-order valence-electron chi connectivity index (χ1n) is 11.0. The molecule has 35 heavy (non-hydrogen) atoms. The SMILES string of the molecule is O=C1Nc2cc(OC(F)(F)F)ccc2C2(N=N2)c2ccc(-c3ccnc(N4CCNCC4)c3)cc21. The van der Waals surface area contributed by atoms with Gasteiger partial charge in [-0.2, -0.15) is 0 Å². The molecule has 178 valence electrons. The largest absolute Gasteiger partial charge is 0.573 e. The van der Waals surface area contributed by atoms with Gasteiger partial charge in [-0.3, -0.25) is 4.79 Å². The monoisotopic (exact) mass is 480 g/mol. The van der Waals surface area contributed by atoms with Crippen LogP contribution in [-0.2, 0) is 5.66 Å². The number of ether oxygens (including phenoxy) is 1. The summed E-state index contributed by atoms with van der Waals surface area (Å²) in [6.07, 6.45) is -3.11. The van der Waals surface area contributed by atoms with Crippen LogP contribution in [-0.4, -0.2) is 43.4 Å². The van der Waals surface area contributed by atoms with E-state index in [1.807, 2.05) is 18.2 Å². The van der Waals surface area contributed by atoms with Gasteiger partial charge in [-0.1, -0.05) is 12.1 Å². The van der Waals surface area contributed by atoms with Crippen LogP contribution in [0.4, 0.5) is 24.7 Å². The second kappa shape index (κ2) is 7.77. The highest BCUT2D eigenvalue weighted by Crippen LogP contribution is 2.52. The summed E-state index contributed by atoms with van der Waals surface area (Å²) in [6.45, 7) is 3.48. The highest BCUT2D eigenvalue weighted by molar-refractivity contribution is 6.08. The lowest BCUT2D eigenvalue weighted by Crippen LogP contribution is -2.43. The third kappa shape index (κ3) is 3.87. The molecule has 4 heterocycles. The number of aromatic nitrogens is 1. The quantitative estimate of drug-likeness (QED) is 0.584. The molecule has 0 saturated carbocycles. The van der Waals surface area contributed by atoms with E-state index in [-0.39, 0.29) is 5.69 Å². The molecule has 6 rings (SSSR count). The van der Waals surface area contributed by atoms with Crippen molar-refractivity contribution in [1.82, 2.24) is 10.3 Å². The normalized spacial score (nSPS) is 17.9. The maximum Gasteiger partial charge on any atom is 0.573 e. The minimum atomic E-state index is -4.85. The summed E-state index contributed by atoms with van der Waals surface area (Å²) in [5.41, 5.74) is 2.14. The summed E-state index contributed by atoms with van der Waals surface area (Å²) in [5, 5.41) is 14.4. The van der Waals surface area contributed by atoms with E-state index in [1.165, 1.54) is 12.1 Å². The van der Waals surface area contributed by atoms with Gasteiger partial charge in [0, 0.05) is 55.1 Å². The van der Waals surface area contributed by atoms with Gasteiger partial charge in [0.25, 0.3) is 5.91 Å². The number of piperazine rings is 1. The first-order chi connectivity index (χ1) is 16.8. The van der Waals surface area contributed by atoms with Crippen LogP contribution in [0.3, 0.4) is 0 Å². The van der Waals surface area contributed by atoms with Crippen molar-refractivity contribution in [1.29, 1.82) is 0 Å². The molecule has 3 aromatic rings. The van der Waals surface area contributed by atoms with E-state index >= 15 is 0 Å². The highest BCUT2D eigenvalue weighted by atomic mass is 19.4. The van der Waals surface area contributed by atoms with Crippen molar-refractivity contribution < 1.29 is 22.7 Å². The van der Waals surface area contributed by atoms with Crippen molar-refractivity contribution in [2.24, 2.45) is 10.2 Å². The Morgan fingerprint density at radius 2 is 1.69 bits per heavy atom. The van der Waals surface area contributed by atoms with E-state index in [9.17, 15) is 18.0 Å². The molecule has 3 aliphatic rings. The number of nitrogens with one attached hydrogen (secondary N) is 2. The molecule has 2 aromatic carbocycles. The predicted molar refractivity (Wildman–Crippen MR) is 121 cm³/mol. The maximum atomic E-state index is 13.2. The molecular formula is C24H19F3N6O2. The molecule has 0 radical (unpaired) electrons. The predicted octanol–water partition coefficient (Wildman–Crippen LogP) is 4.29. The second-order valence-electron chi connectivity index (χ2n) is 8.48. The number of hydrogen-bond donors (Lipinski definition) is 2. The zero-order chi connectivity index (χ0) is 24.2. The third-order valence-corrected chi connectivity index (χ3v) is 6.31. The minimum absolute atomic E-state index is 0.171. The van der Waals surface area contributed by atoms with E-state index in [0.717, 1.165) is 49.2 Å². The van der Waals surface area contributed by atoms with Crippen LogP contribution in [0.5, 0.6) is 5.75 Å². The number of amides is 1. The molecule has 1 spiro atoms. The molecule has 8 nitrogen and oxygen atoms in total. The fourth-order valence-electron chi connectivity index (χ4n) is 4.61. The summed E-state index contributed by atoms with van der Waals surface area (Å²) >= 11 is 0. The highest BCUT2D eigenvalue weighted by Gasteiger charge is 2.50. The van der Waals surface area contributed by atoms with Crippen LogP contribution in [0.15, 0.2) is 65.0 Å². The average molecular weight is 480 g/mol. The number of hydrogen-bond acceptors (Lipinski definition) is 7. The number of carbonyl (C=O) groups excluding carboxylic acids is 1. The number of rotatable bonds is 3. The van der Waals surface area contributed by atoms with Crippen LogP contribution in [0.25, 0.3) is 11.1 Å². The van der Waals surface area contributed by atoms with E-state index < -0.39 is 23.7 Å². The van der Waals surface area contributed by atoms with Gasteiger partial charge in [-0.25, -0.2) is 4.98 Å². The van der Waals surface area contributed by atoms with Crippen molar-refractivity contribution in [2.75, 3.05) is 36.4 Å². The zero-order valence-corrected chi connectivity index (χ0v) is 18.3. The van der Waals surface area contributed by atoms with Crippen LogP contribution in [0, 0.1) is 0 Å². The Labute approximate surface area is 197 Å². The van der Waals surface area contributed by atoms with Gasteiger partial charge in [0.2, 0.25) is 5.66 Å². The molecule has 3 aliphatic heterocycles. The van der Waals surface area contributed by atoms with E-state index in [1.54, 1.807) is 18.3 Å². The number of fused-ring (bicyclic) bond motifs is 4. The van der Waals surface area contributed by atoms with Gasteiger partial charge in [0.15, 0.2) is 0 Å². The lowest BCUT2D eigenvalue weighted by atomic mass is 9.89. The first-order valence-corrected chi connectivity index (χ1v) is 11.0. The molecule has 1 fully saturated rings. The van der Waals surface area contributed by atoms with Crippen LogP contribution in [0.2, 0.25) is 0 Å². The number of pyridine rings is 1. The number of alkyl halides is 3. The topological polar surface area (TPSA) is 91.2 Å². The number of halogens is 3. The molecule has 0 bridgehead atoms. The smallest absolute Gasteiger partial charge is 0.406 e. The summed E-state index contributed by atoms with van der Waals surface area (Å²) in [6, 6.07) is 13.1. The Balaban J connectivity index is 1.37. The molecule has 11 heteroatoms. The van der Waals surface area contributed by atoms with Gasteiger partial charge in [-0.15, -0.1) is 23.4 Å². The van der Waals surface area contributed by atoms with Crippen LogP contribution in [0.1, 0.15) is 21.5 Å². The summed E-state index contributed by atoms with van der Waals surface area (Å²) in [4.78, 5) is 19.9. The van der Waals surface area contributed by atoms with Crippen LogP contribution < -0.4 is 20.3 Å². The van der Waals surface area contributed by atoms with E-state index in [2.05, 4.69) is 35.5 Å². The Morgan fingerprint density at radius 1 is 0.943 bits per heavy atom. The lowest BCUT2D eigenvalue weighted by molar-refractivity contribution is -0.274. The van der Waals surface area contributed by atoms with Gasteiger partial charge in [0.1, 0.15) is 11.6 Å². The maximum absolute atomic E-state index is 13.2. The minimum Gasteiger partial charge on any atom is -0.406 e. The zero-order valence-electron chi connectivity index (χ0n) is 18.3. The number of benzene rings is 2. The van der Waals surface area contributed by atoms with E-state index in [4.69, 9.17) is 0 Å². The van der Waals surface area contributed by atoms with Crippen molar-refractivity contribution in [2.45, 2.75) is 12.0 Å². The molecule has 1 aromatic heterocycles. The molecule has 1 amide bonds. The molecule has 0 unspecified atom stereocenters. The Kier molecular flexibility index (Phi) is 4.78. The number of carbonyl (C=O) groups is 1. The summed E-state index contributed by atoms with van der Waals surface area (Å²) in [7, 11) is 0. The molecule has 0 aliphatic carbocycles. The molecule has 1 saturated heterocycles. The fraction of sp³-hybridized carbons (Fsp3) is 0.250. The average Bonchev–Trinajstić information content (AvgIpc) is 3.66. The van der Waals surface area contributed by atoms with Crippen molar-refractivity contribution >= 4 is 17.4 Å². The molecular weight excluding hydrogens is 461 g/mol. The number of anilines is 2. The number of nitrogens with zero attached hydrogens (tertiary/aromatic N) is 4. The van der Waals surface area contributed by atoms with Gasteiger partial charge < -0.3 is 20.3 Å². The van der Waals surface area contributed by atoms with Crippen LogP contribution >= 0.6 is 0 Å². The molecule has 2 N–H and O–H groups in total. The van der Waals surface area contributed by atoms with Gasteiger partial charge in [-0.05, 0) is 41.5 Å². The van der Waals surface area contributed by atoms with Gasteiger partial charge in [0.05, 0.1) is 5.69 Å². The first kappa shape index (κ1) is 21.5. The molecule has 0 atom stereocenters. The third-order valence-electron chi connectivity index (χ3n) is 6.31. The van der Waals surface area contributed by atoms with Crippen molar-refractivity contribution in [3.8, 4) is 16.9 Å². The Hall–Kier alpha value is -3.99. The van der Waals surface area contributed by atoms with Gasteiger partial charge >= 0.3 is 6.36 Å². The lowest BCUT2D eigenvalue weighted by Gasteiger charge is -2.28. The Bertz CT molecular complexity index is 1360. The summed E-state index contributed by atoms with van der Waals surface area (Å²) in [5.74, 6) is -0.0364. The second-order valence-corrected chi connectivity index (χ2v) is 8.48. The Morgan fingerprint density at radius 3 is 2.43 bits per heavy atom.